The van der Waals surface area contributed by atoms with Crippen molar-refractivity contribution in [1.29, 1.82) is 0 Å². The van der Waals surface area contributed by atoms with Gasteiger partial charge in [0.05, 0.1) is 7.11 Å². The van der Waals surface area contributed by atoms with Gasteiger partial charge in [-0.15, -0.1) is 0 Å². The molecule has 0 unspecified atom stereocenters. The molecule has 1 aromatic carbocycles. The van der Waals surface area contributed by atoms with Crippen molar-refractivity contribution in [3.05, 3.63) is 35.9 Å². The van der Waals surface area contributed by atoms with Gasteiger partial charge in [-0.1, -0.05) is 44.7 Å². The van der Waals surface area contributed by atoms with E-state index in [1.165, 1.54) is 25.7 Å². The van der Waals surface area contributed by atoms with Crippen molar-refractivity contribution in [3.8, 4) is 5.75 Å². The number of rotatable bonds is 9. The Bertz CT molecular complexity index is 410. The molecule has 1 rings (SSSR count). The summed E-state index contributed by atoms with van der Waals surface area (Å²) in [5.41, 5.74) is 0.990. The third-order valence-corrected chi connectivity index (χ3v) is 3.12. The minimum atomic E-state index is -0.0312. The third kappa shape index (κ3) is 6.98. The molecule has 0 saturated heterocycles. The minimum Gasteiger partial charge on any atom is -0.497 e. The summed E-state index contributed by atoms with van der Waals surface area (Å²) in [6, 6.07) is 7.61. The van der Waals surface area contributed by atoms with Crippen molar-refractivity contribution in [1.82, 2.24) is 5.32 Å². The van der Waals surface area contributed by atoms with E-state index in [2.05, 4.69) is 12.2 Å². The summed E-state index contributed by atoms with van der Waals surface area (Å²) in [6.45, 7) is 2.96. The first-order valence-electron chi connectivity index (χ1n) is 7.36. The Morgan fingerprint density at radius 2 is 1.85 bits per heavy atom. The molecule has 0 radical (unpaired) electrons. The highest BCUT2D eigenvalue weighted by Gasteiger charge is 1.95. The molecule has 0 atom stereocenters. The van der Waals surface area contributed by atoms with Crippen molar-refractivity contribution in [2.45, 2.75) is 39.0 Å². The first kappa shape index (κ1) is 16.3. The molecule has 0 bridgehead atoms. The molecular formula is C17H25NO2. The minimum absolute atomic E-state index is 0.0312. The summed E-state index contributed by atoms with van der Waals surface area (Å²) in [5.74, 6) is 0.787. The topological polar surface area (TPSA) is 38.3 Å². The van der Waals surface area contributed by atoms with Gasteiger partial charge in [-0.05, 0) is 30.2 Å². The number of methoxy groups -OCH3 is 1. The Balaban J connectivity index is 2.22. The second-order valence-electron chi connectivity index (χ2n) is 4.81. The van der Waals surface area contributed by atoms with Gasteiger partial charge in [-0.3, -0.25) is 4.79 Å². The molecule has 0 spiro atoms. The molecular weight excluding hydrogens is 250 g/mol. The molecule has 0 heterocycles. The second-order valence-corrected chi connectivity index (χ2v) is 4.81. The van der Waals surface area contributed by atoms with E-state index in [-0.39, 0.29) is 5.91 Å². The molecule has 110 valence electrons. The van der Waals surface area contributed by atoms with Gasteiger partial charge in [-0.2, -0.15) is 0 Å². The van der Waals surface area contributed by atoms with Crippen molar-refractivity contribution in [2.75, 3.05) is 13.7 Å². The zero-order valence-corrected chi connectivity index (χ0v) is 12.5. The smallest absolute Gasteiger partial charge is 0.243 e. The summed E-state index contributed by atoms with van der Waals surface area (Å²) in [4.78, 5) is 11.6. The van der Waals surface area contributed by atoms with Crippen LogP contribution in [-0.2, 0) is 4.79 Å². The molecule has 0 saturated carbocycles. The molecule has 3 nitrogen and oxygen atoms in total. The summed E-state index contributed by atoms with van der Waals surface area (Å²) < 4.78 is 5.08. The number of carbonyl (C=O) groups is 1. The van der Waals surface area contributed by atoms with Crippen LogP contribution in [0.1, 0.15) is 44.6 Å². The van der Waals surface area contributed by atoms with Gasteiger partial charge < -0.3 is 10.1 Å². The average Bonchev–Trinajstić information content (AvgIpc) is 2.49. The fourth-order valence-electron chi connectivity index (χ4n) is 1.89. The second kappa shape index (κ2) is 10.1. The Hall–Kier alpha value is -1.77. The van der Waals surface area contributed by atoms with E-state index in [1.807, 2.05) is 30.3 Å². The van der Waals surface area contributed by atoms with Gasteiger partial charge in [0.1, 0.15) is 5.75 Å². The molecule has 3 heteroatoms. The highest BCUT2D eigenvalue weighted by atomic mass is 16.5. The molecule has 0 fully saturated rings. The molecule has 20 heavy (non-hydrogen) atoms. The Kier molecular flexibility index (Phi) is 8.20. The van der Waals surface area contributed by atoms with Gasteiger partial charge in [-0.25, -0.2) is 0 Å². The number of unbranched alkanes of at least 4 members (excludes halogenated alkanes) is 4. The van der Waals surface area contributed by atoms with E-state index in [0.717, 1.165) is 24.3 Å². The van der Waals surface area contributed by atoms with Crippen molar-refractivity contribution in [3.63, 3.8) is 0 Å². The normalized spacial score (nSPS) is 10.7. The SMILES string of the molecule is CCCCCCCNC(=O)/C=C/c1ccc(OC)cc1. The van der Waals surface area contributed by atoms with Crippen molar-refractivity contribution in [2.24, 2.45) is 0 Å². The molecule has 1 N–H and O–H groups in total. The van der Waals surface area contributed by atoms with Gasteiger partial charge >= 0.3 is 0 Å². The lowest BCUT2D eigenvalue weighted by molar-refractivity contribution is -0.116. The summed E-state index contributed by atoms with van der Waals surface area (Å²) in [6.07, 6.45) is 9.43. The van der Waals surface area contributed by atoms with E-state index in [0.29, 0.717) is 0 Å². The fourth-order valence-corrected chi connectivity index (χ4v) is 1.89. The number of nitrogens with one attached hydrogen (secondary N) is 1. The highest BCUT2D eigenvalue weighted by molar-refractivity contribution is 5.91. The number of ether oxygens (including phenoxy) is 1. The fraction of sp³-hybridized carbons (Fsp3) is 0.471. The average molecular weight is 275 g/mol. The summed E-state index contributed by atoms with van der Waals surface area (Å²) >= 11 is 0. The lowest BCUT2D eigenvalue weighted by Gasteiger charge is -2.02. The molecule has 0 aliphatic carbocycles. The van der Waals surface area contributed by atoms with Crippen LogP contribution in [0.15, 0.2) is 30.3 Å². The largest absolute Gasteiger partial charge is 0.497 e. The molecule has 1 amide bonds. The predicted molar refractivity (Wildman–Crippen MR) is 83.8 cm³/mol. The van der Waals surface area contributed by atoms with Crippen LogP contribution in [0.2, 0.25) is 0 Å². The number of hydrogen-bond donors (Lipinski definition) is 1. The quantitative estimate of drug-likeness (QED) is 0.550. The number of amides is 1. The Labute approximate surface area is 122 Å². The predicted octanol–water partition coefficient (Wildman–Crippen LogP) is 3.80. The van der Waals surface area contributed by atoms with Gasteiger partial charge in [0.15, 0.2) is 0 Å². The first-order chi connectivity index (χ1) is 9.76. The van der Waals surface area contributed by atoms with Crippen molar-refractivity contribution < 1.29 is 9.53 Å². The third-order valence-electron chi connectivity index (χ3n) is 3.12. The van der Waals surface area contributed by atoms with Crippen LogP contribution < -0.4 is 10.1 Å². The van der Waals surface area contributed by atoms with E-state index in [9.17, 15) is 4.79 Å². The molecule has 1 aromatic rings. The number of carbonyl (C=O) groups excluding carboxylic acids is 1. The van der Waals surface area contributed by atoms with Gasteiger partial charge in [0.25, 0.3) is 0 Å². The molecule has 0 aliphatic heterocycles. The standard InChI is InChI=1S/C17H25NO2/c1-3-4-5-6-7-14-18-17(19)13-10-15-8-11-16(20-2)12-9-15/h8-13H,3-7,14H2,1-2H3,(H,18,19)/b13-10+. The summed E-state index contributed by atoms with van der Waals surface area (Å²) in [5, 5.41) is 2.90. The van der Waals surface area contributed by atoms with E-state index in [1.54, 1.807) is 13.2 Å². The molecule has 0 aromatic heterocycles. The summed E-state index contributed by atoms with van der Waals surface area (Å²) in [7, 11) is 1.64. The zero-order chi connectivity index (χ0) is 14.6. The van der Waals surface area contributed by atoms with Crippen LogP contribution in [0.5, 0.6) is 5.75 Å². The van der Waals surface area contributed by atoms with Crippen LogP contribution in [0.3, 0.4) is 0 Å². The first-order valence-corrected chi connectivity index (χ1v) is 7.36. The maximum Gasteiger partial charge on any atom is 0.243 e. The van der Waals surface area contributed by atoms with Crippen LogP contribution in [-0.4, -0.2) is 19.6 Å². The van der Waals surface area contributed by atoms with E-state index >= 15 is 0 Å². The Morgan fingerprint density at radius 3 is 2.50 bits per heavy atom. The maximum absolute atomic E-state index is 11.6. The zero-order valence-electron chi connectivity index (χ0n) is 12.5. The van der Waals surface area contributed by atoms with E-state index in [4.69, 9.17) is 4.74 Å². The number of hydrogen-bond acceptors (Lipinski definition) is 2. The number of benzene rings is 1. The van der Waals surface area contributed by atoms with E-state index < -0.39 is 0 Å². The highest BCUT2D eigenvalue weighted by Crippen LogP contribution is 2.12. The van der Waals surface area contributed by atoms with Crippen LogP contribution >= 0.6 is 0 Å². The monoisotopic (exact) mass is 275 g/mol. The van der Waals surface area contributed by atoms with Gasteiger partial charge in [0.2, 0.25) is 5.91 Å². The van der Waals surface area contributed by atoms with Crippen molar-refractivity contribution >= 4 is 12.0 Å². The van der Waals surface area contributed by atoms with Crippen LogP contribution in [0.25, 0.3) is 6.08 Å². The lowest BCUT2D eigenvalue weighted by Crippen LogP contribution is -2.21. The molecule has 0 aliphatic rings. The Morgan fingerprint density at radius 1 is 1.15 bits per heavy atom. The van der Waals surface area contributed by atoms with Crippen LogP contribution in [0.4, 0.5) is 0 Å². The maximum atomic E-state index is 11.6. The van der Waals surface area contributed by atoms with Gasteiger partial charge in [0, 0.05) is 12.6 Å². The van der Waals surface area contributed by atoms with Crippen LogP contribution in [0, 0.1) is 0 Å². The lowest BCUT2D eigenvalue weighted by atomic mass is 10.1.